The van der Waals surface area contributed by atoms with Crippen molar-refractivity contribution in [2.45, 2.75) is 6.23 Å². The van der Waals surface area contributed by atoms with Crippen LogP contribution in [0, 0.1) is 0 Å². The molecule has 3 aromatic carbocycles. The molecule has 1 atom stereocenters. The average molecular weight is 534 g/mol. The number of rotatable bonds is 1. The van der Waals surface area contributed by atoms with Crippen molar-refractivity contribution in [3.8, 4) is 17.0 Å². The van der Waals surface area contributed by atoms with E-state index >= 15 is 0 Å². The molecule has 0 aliphatic carbocycles. The number of halogens is 3. The number of fused-ring (bicyclic) bond motifs is 5. The van der Waals surface area contributed by atoms with Crippen LogP contribution in [-0.4, -0.2) is 4.57 Å². The first kappa shape index (κ1) is 16.6. The van der Waals surface area contributed by atoms with E-state index in [0.717, 1.165) is 41.5 Å². The summed E-state index contributed by atoms with van der Waals surface area (Å²) >= 11 is 10.8. The summed E-state index contributed by atoms with van der Waals surface area (Å²) in [7, 11) is 0. The van der Waals surface area contributed by atoms with E-state index in [2.05, 4.69) is 101 Å². The van der Waals surface area contributed by atoms with Crippen LogP contribution in [0.4, 0.5) is 0 Å². The quantitative estimate of drug-likeness (QED) is 0.246. The minimum Gasteiger partial charge on any atom is -0.465 e. The average Bonchev–Trinajstić information content (AvgIpc) is 2.99. The molecule has 1 aromatic heterocycles. The number of nitrogens with zero attached hydrogens (tertiary/aromatic N) is 1. The van der Waals surface area contributed by atoms with E-state index in [1.165, 1.54) is 5.39 Å². The van der Waals surface area contributed by atoms with Crippen LogP contribution in [0.5, 0.6) is 5.75 Å². The third-order valence-electron chi connectivity index (χ3n) is 4.66. The zero-order valence-electron chi connectivity index (χ0n) is 13.4. The first-order chi connectivity index (χ1) is 12.6. The Morgan fingerprint density at radius 3 is 2.42 bits per heavy atom. The van der Waals surface area contributed by atoms with Crippen LogP contribution in [0.3, 0.4) is 0 Å². The molecule has 0 saturated carbocycles. The normalized spacial score (nSPS) is 15.4. The maximum atomic E-state index is 6.49. The van der Waals surface area contributed by atoms with Crippen molar-refractivity contribution in [3.63, 3.8) is 0 Å². The molecule has 5 heteroatoms. The predicted octanol–water partition coefficient (Wildman–Crippen LogP) is 7.54. The highest BCUT2D eigenvalue weighted by molar-refractivity contribution is 9.11. The van der Waals surface area contributed by atoms with Gasteiger partial charge in [0.2, 0.25) is 6.23 Å². The number of benzene rings is 3. The zero-order chi connectivity index (χ0) is 17.8. The lowest BCUT2D eigenvalue weighted by molar-refractivity contribution is 0.172. The summed E-state index contributed by atoms with van der Waals surface area (Å²) in [6.45, 7) is 0. The Hall–Kier alpha value is -1.56. The highest BCUT2D eigenvalue weighted by Gasteiger charge is 2.30. The maximum absolute atomic E-state index is 6.49. The van der Waals surface area contributed by atoms with E-state index in [-0.39, 0.29) is 6.23 Å². The first-order valence-corrected chi connectivity index (χ1v) is 10.5. The molecule has 0 saturated heterocycles. The molecule has 0 radical (unpaired) electrons. The molecular formula is C21H12Br3NO. The van der Waals surface area contributed by atoms with Gasteiger partial charge >= 0.3 is 0 Å². The maximum Gasteiger partial charge on any atom is 0.204 e. The molecule has 2 nitrogen and oxygen atoms in total. The van der Waals surface area contributed by atoms with Gasteiger partial charge < -0.3 is 9.30 Å². The Kier molecular flexibility index (Phi) is 3.99. The molecule has 1 aliphatic heterocycles. The lowest BCUT2D eigenvalue weighted by Crippen LogP contribution is -2.22. The van der Waals surface area contributed by atoms with Crippen molar-refractivity contribution in [2.24, 2.45) is 0 Å². The van der Waals surface area contributed by atoms with Crippen molar-refractivity contribution in [1.82, 2.24) is 4.57 Å². The summed E-state index contributed by atoms with van der Waals surface area (Å²) in [5, 5.41) is 1.19. The minimum absolute atomic E-state index is 0.235. The van der Waals surface area contributed by atoms with Gasteiger partial charge in [-0.2, -0.15) is 0 Å². The van der Waals surface area contributed by atoms with Gasteiger partial charge in [-0.3, -0.25) is 0 Å². The second-order valence-corrected chi connectivity index (χ2v) is 8.92. The van der Waals surface area contributed by atoms with E-state index < -0.39 is 0 Å². The molecule has 2 heterocycles. The van der Waals surface area contributed by atoms with E-state index in [1.807, 2.05) is 18.2 Å². The lowest BCUT2D eigenvalue weighted by atomic mass is 10.1. The zero-order valence-corrected chi connectivity index (χ0v) is 18.2. The van der Waals surface area contributed by atoms with Crippen LogP contribution in [-0.2, 0) is 0 Å². The molecule has 0 bridgehead atoms. The summed E-state index contributed by atoms with van der Waals surface area (Å²) < 4.78 is 11.9. The van der Waals surface area contributed by atoms with E-state index in [4.69, 9.17) is 4.74 Å². The molecule has 0 spiro atoms. The topological polar surface area (TPSA) is 14.2 Å². The molecule has 0 amide bonds. The van der Waals surface area contributed by atoms with Crippen molar-refractivity contribution in [1.29, 1.82) is 0 Å². The van der Waals surface area contributed by atoms with E-state index in [0.29, 0.717) is 0 Å². The van der Waals surface area contributed by atoms with E-state index in [9.17, 15) is 0 Å². The molecule has 0 fully saturated rings. The third kappa shape index (κ3) is 2.56. The molecule has 0 N–H and O–H groups in total. The summed E-state index contributed by atoms with van der Waals surface area (Å²) in [4.78, 5) is 0. The Bertz CT molecular complexity index is 1170. The van der Waals surface area contributed by atoms with Crippen molar-refractivity contribution in [2.75, 3.05) is 0 Å². The highest BCUT2D eigenvalue weighted by Crippen LogP contribution is 2.46. The SMILES string of the molecule is Brc1ccc2c(c1)OC(c1ccccc1Br)n1c-2cc2cc(Br)ccc21. The number of ether oxygens (including phenoxy) is 1. The summed E-state index contributed by atoms with van der Waals surface area (Å²) in [5.41, 5.74) is 4.51. The summed E-state index contributed by atoms with van der Waals surface area (Å²) in [5.74, 6) is 0.884. The van der Waals surface area contributed by atoms with E-state index in [1.54, 1.807) is 0 Å². The number of hydrogen-bond acceptors (Lipinski definition) is 1. The Morgan fingerprint density at radius 2 is 1.58 bits per heavy atom. The Morgan fingerprint density at radius 1 is 0.808 bits per heavy atom. The van der Waals surface area contributed by atoms with Crippen LogP contribution in [0.25, 0.3) is 22.2 Å². The second kappa shape index (κ2) is 6.25. The van der Waals surface area contributed by atoms with Gasteiger partial charge in [0.25, 0.3) is 0 Å². The van der Waals surface area contributed by atoms with Gasteiger partial charge in [-0.1, -0.05) is 66.0 Å². The fourth-order valence-electron chi connectivity index (χ4n) is 3.52. The van der Waals surface area contributed by atoms with Crippen LogP contribution < -0.4 is 4.74 Å². The molecule has 128 valence electrons. The third-order valence-corrected chi connectivity index (χ3v) is 6.37. The van der Waals surface area contributed by atoms with Gasteiger partial charge in [-0.15, -0.1) is 0 Å². The predicted molar refractivity (Wildman–Crippen MR) is 116 cm³/mol. The highest BCUT2D eigenvalue weighted by atomic mass is 79.9. The largest absolute Gasteiger partial charge is 0.465 e. The summed E-state index contributed by atoms with van der Waals surface area (Å²) in [6, 6.07) is 23.0. The van der Waals surface area contributed by atoms with Crippen molar-refractivity contribution < 1.29 is 4.74 Å². The van der Waals surface area contributed by atoms with Crippen molar-refractivity contribution in [3.05, 3.63) is 85.7 Å². The molecule has 26 heavy (non-hydrogen) atoms. The Labute approximate surface area is 176 Å². The van der Waals surface area contributed by atoms with Crippen LogP contribution >= 0.6 is 47.8 Å². The Balaban J connectivity index is 1.85. The standard InChI is InChI=1S/C21H12Br3NO/c22-13-6-8-18-12(9-13)10-19-16-7-5-14(23)11-20(16)26-21(25(18)19)15-3-1-2-4-17(15)24/h1-11,21H. The van der Waals surface area contributed by atoms with Crippen LogP contribution in [0.2, 0.25) is 0 Å². The van der Waals surface area contributed by atoms with Crippen molar-refractivity contribution >= 4 is 58.7 Å². The van der Waals surface area contributed by atoms with Gasteiger partial charge in [0.1, 0.15) is 5.75 Å². The van der Waals surface area contributed by atoms with Gasteiger partial charge in [0.05, 0.1) is 11.2 Å². The first-order valence-electron chi connectivity index (χ1n) is 8.13. The van der Waals surface area contributed by atoms with Crippen LogP contribution in [0.15, 0.2) is 80.1 Å². The van der Waals surface area contributed by atoms with Gasteiger partial charge in [-0.05, 0) is 48.5 Å². The number of hydrogen-bond donors (Lipinski definition) is 0. The second-order valence-electron chi connectivity index (χ2n) is 6.23. The molecule has 1 aliphatic rings. The van der Waals surface area contributed by atoms with Crippen LogP contribution in [0.1, 0.15) is 11.8 Å². The smallest absolute Gasteiger partial charge is 0.204 e. The van der Waals surface area contributed by atoms with Gasteiger partial charge in [0, 0.05) is 29.9 Å². The summed E-state index contributed by atoms with van der Waals surface area (Å²) in [6.07, 6.45) is -0.235. The lowest BCUT2D eigenvalue weighted by Gasteiger charge is -2.31. The molecular weight excluding hydrogens is 522 g/mol. The molecule has 5 rings (SSSR count). The monoisotopic (exact) mass is 531 g/mol. The fraction of sp³-hybridized carbons (Fsp3) is 0.0476. The molecule has 4 aromatic rings. The van der Waals surface area contributed by atoms with Gasteiger partial charge in [0.15, 0.2) is 0 Å². The van der Waals surface area contributed by atoms with Gasteiger partial charge in [-0.25, -0.2) is 0 Å². The molecule has 1 unspecified atom stereocenters. The number of aromatic nitrogens is 1. The fourth-order valence-corrected chi connectivity index (χ4v) is 4.72. The minimum atomic E-state index is -0.235.